The quantitative estimate of drug-likeness (QED) is 0.633. The fourth-order valence-electron chi connectivity index (χ4n) is 4.75. The molecule has 2 aliphatic rings. The summed E-state index contributed by atoms with van der Waals surface area (Å²) in [6.07, 6.45) is 9.08. The lowest BCUT2D eigenvalue weighted by molar-refractivity contribution is 0.0711. The molecule has 32 heavy (non-hydrogen) atoms. The van der Waals surface area contributed by atoms with Crippen molar-refractivity contribution in [2.24, 2.45) is 0 Å². The molecule has 7 heteroatoms. The number of aromatic nitrogens is 4. The van der Waals surface area contributed by atoms with Crippen molar-refractivity contribution in [3.8, 4) is 0 Å². The van der Waals surface area contributed by atoms with Crippen molar-refractivity contribution in [1.29, 1.82) is 0 Å². The van der Waals surface area contributed by atoms with E-state index in [1.54, 1.807) is 24.5 Å². The predicted molar refractivity (Wildman–Crippen MR) is 122 cm³/mol. The van der Waals surface area contributed by atoms with Crippen molar-refractivity contribution in [2.75, 3.05) is 24.5 Å². The second kappa shape index (κ2) is 9.02. The van der Waals surface area contributed by atoms with Crippen LogP contribution in [-0.2, 0) is 13.0 Å². The maximum absolute atomic E-state index is 12.8. The second-order valence-corrected chi connectivity index (χ2v) is 8.62. The predicted octanol–water partition coefficient (Wildman–Crippen LogP) is 3.55. The lowest BCUT2D eigenvalue weighted by Crippen LogP contribution is -2.38. The maximum Gasteiger partial charge on any atom is 0.253 e. The van der Waals surface area contributed by atoms with Gasteiger partial charge in [0.2, 0.25) is 0 Å². The van der Waals surface area contributed by atoms with Crippen LogP contribution in [0.4, 0.5) is 5.82 Å². The summed E-state index contributed by atoms with van der Waals surface area (Å²) in [7, 11) is 0. The van der Waals surface area contributed by atoms with Crippen molar-refractivity contribution in [2.45, 2.75) is 45.1 Å². The average molecular weight is 429 g/mol. The van der Waals surface area contributed by atoms with Crippen LogP contribution in [0.1, 0.15) is 58.3 Å². The van der Waals surface area contributed by atoms with Crippen LogP contribution in [0.25, 0.3) is 0 Å². The number of likely N-dealkylation sites (tertiary alicyclic amines) is 1. The molecule has 5 heterocycles. The summed E-state index contributed by atoms with van der Waals surface area (Å²) in [6.45, 7) is 5.31. The van der Waals surface area contributed by atoms with E-state index < -0.39 is 0 Å². The highest BCUT2D eigenvalue weighted by molar-refractivity contribution is 5.94. The minimum atomic E-state index is 0.0786. The van der Waals surface area contributed by atoms with Gasteiger partial charge >= 0.3 is 0 Å². The van der Waals surface area contributed by atoms with Crippen molar-refractivity contribution in [3.63, 3.8) is 0 Å². The highest BCUT2D eigenvalue weighted by Crippen LogP contribution is 2.33. The summed E-state index contributed by atoms with van der Waals surface area (Å²) < 4.78 is 0. The van der Waals surface area contributed by atoms with Gasteiger partial charge in [0, 0.05) is 61.0 Å². The van der Waals surface area contributed by atoms with Crippen LogP contribution in [0.15, 0.2) is 48.9 Å². The van der Waals surface area contributed by atoms with Gasteiger partial charge in [0.15, 0.2) is 0 Å². The van der Waals surface area contributed by atoms with Gasteiger partial charge in [-0.2, -0.15) is 0 Å². The Labute approximate surface area is 188 Å². The number of fused-ring (bicyclic) bond motifs is 1. The SMILES string of the molecule is Cc1nc(C2CCN(C(=O)c3ccncc3)CC2)nc2c1CCCN2Cc1ccccn1. The Morgan fingerprint density at radius 3 is 2.59 bits per heavy atom. The van der Waals surface area contributed by atoms with Crippen LogP contribution in [0.2, 0.25) is 0 Å². The number of aryl methyl sites for hydroxylation is 1. The number of rotatable bonds is 4. The third kappa shape index (κ3) is 4.20. The molecule has 0 aliphatic carbocycles. The third-order valence-electron chi connectivity index (χ3n) is 6.52. The van der Waals surface area contributed by atoms with E-state index in [0.717, 1.165) is 74.9 Å². The Balaban J connectivity index is 1.32. The van der Waals surface area contributed by atoms with E-state index in [-0.39, 0.29) is 11.8 Å². The first-order valence-corrected chi connectivity index (χ1v) is 11.4. The van der Waals surface area contributed by atoms with E-state index >= 15 is 0 Å². The maximum atomic E-state index is 12.8. The number of anilines is 1. The normalized spacial score (nSPS) is 16.7. The second-order valence-electron chi connectivity index (χ2n) is 8.62. The first kappa shape index (κ1) is 20.5. The molecule has 3 aromatic heterocycles. The van der Waals surface area contributed by atoms with Crippen molar-refractivity contribution in [3.05, 3.63) is 77.3 Å². The third-order valence-corrected chi connectivity index (χ3v) is 6.52. The summed E-state index contributed by atoms with van der Waals surface area (Å²) >= 11 is 0. The topological polar surface area (TPSA) is 75.1 Å². The molecule has 0 bridgehead atoms. The molecular weight excluding hydrogens is 400 g/mol. The lowest BCUT2D eigenvalue weighted by atomic mass is 9.94. The molecule has 7 nitrogen and oxygen atoms in total. The monoisotopic (exact) mass is 428 g/mol. The number of hydrogen-bond acceptors (Lipinski definition) is 6. The molecule has 0 N–H and O–H groups in total. The molecule has 1 fully saturated rings. The van der Waals surface area contributed by atoms with Crippen molar-refractivity contribution in [1.82, 2.24) is 24.8 Å². The molecule has 2 aliphatic heterocycles. The molecule has 0 radical (unpaired) electrons. The Bertz CT molecular complexity index is 1080. The first-order valence-electron chi connectivity index (χ1n) is 11.4. The zero-order chi connectivity index (χ0) is 21.9. The zero-order valence-electron chi connectivity index (χ0n) is 18.4. The van der Waals surface area contributed by atoms with Crippen LogP contribution < -0.4 is 4.90 Å². The van der Waals surface area contributed by atoms with Crippen molar-refractivity contribution < 1.29 is 4.79 Å². The molecule has 1 saturated heterocycles. The Hall–Kier alpha value is -3.35. The smallest absolute Gasteiger partial charge is 0.253 e. The van der Waals surface area contributed by atoms with E-state index in [2.05, 4.69) is 27.9 Å². The van der Waals surface area contributed by atoms with Crippen molar-refractivity contribution >= 4 is 11.7 Å². The Morgan fingerprint density at radius 1 is 1.03 bits per heavy atom. The molecule has 0 unspecified atom stereocenters. The minimum absolute atomic E-state index is 0.0786. The summed E-state index contributed by atoms with van der Waals surface area (Å²) in [5, 5.41) is 0. The Kier molecular flexibility index (Phi) is 5.79. The van der Waals surface area contributed by atoms with Gasteiger partial charge in [0.1, 0.15) is 11.6 Å². The standard InChI is InChI=1S/C25H28N6O/c1-18-22-6-4-14-31(17-21-5-2-3-11-27-21)24(22)29-23(28-18)19-9-15-30(16-10-19)25(32)20-7-12-26-13-8-20/h2-3,5,7-8,11-13,19H,4,6,9-10,14-17H2,1H3. The summed E-state index contributed by atoms with van der Waals surface area (Å²) in [5.41, 5.74) is 4.11. The number of piperidine rings is 1. The van der Waals surface area contributed by atoms with Gasteiger partial charge in [-0.1, -0.05) is 6.07 Å². The van der Waals surface area contributed by atoms with Gasteiger partial charge < -0.3 is 9.80 Å². The van der Waals surface area contributed by atoms with Gasteiger partial charge in [-0.3, -0.25) is 14.8 Å². The van der Waals surface area contributed by atoms with E-state index in [9.17, 15) is 4.79 Å². The number of carbonyl (C=O) groups excluding carboxylic acids is 1. The number of amides is 1. The fraction of sp³-hybridized carbons (Fsp3) is 0.400. The van der Waals surface area contributed by atoms with Gasteiger partial charge in [-0.05, 0) is 56.9 Å². The molecule has 0 saturated carbocycles. The van der Waals surface area contributed by atoms with E-state index in [1.807, 2.05) is 23.2 Å². The molecule has 5 rings (SSSR count). The molecule has 3 aromatic rings. The molecule has 0 aromatic carbocycles. The molecule has 0 atom stereocenters. The number of pyridine rings is 2. The molecule has 1 amide bonds. The number of nitrogens with zero attached hydrogens (tertiary/aromatic N) is 6. The Morgan fingerprint density at radius 2 is 1.84 bits per heavy atom. The van der Waals surface area contributed by atoms with Gasteiger partial charge in [0.25, 0.3) is 5.91 Å². The molecule has 0 spiro atoms. The van der Waals surface area contributed by atoms with Gasteiger partial charge in [-0.25, -0.2) is 9.97 Å². The molecule has 164 valence electrons. The summed E-state index contributed by atoms with van der Waals surface area (Å²) in [5.74, 6) is 2.35. The largest absolute Gasteiger partial charge is 0.350 e. The summed E-state index contributed by atoms with van der Waals surface area (Å²) in [6, 6.07) is 9.61. The minimum Gasteiger partial charge on any atom is -0.350 e. The van der Waals surface area contributed by atoms with Gasteiger partial charge in [-0.15, -0.1) is 0 Å². The lowest BCUT2D eigenvalue weighted by Gasteiger charge is -2.34. The van der Waals surface area contributed by atoms with Crippen LogP contribution >= 0.6 is 0 Å². The van der Waals surface area contributed by atoms with E-state index in [1.165, 1.54) is 5.56 Å². The number of hydrogen-bond donors (Lipinski definition) is 0. The summed E-state index contributed by atoms with van der Waals surface area (Å²) in [4.78, 5) is 35.5. The van der Waals surface area contributed by atoms with Crippen LogP contribution in [0, 0.1) is 6.92 Å². The number of carbonyl (C=O) groups is 1. The van der Waals surface area contributed by atoms with Crippen LogP contribution in [-0.4, -0.2) is 50.4 Å². The molecular formula is C25H28N6O. The van der Waals surface area contributed by atoms with Crippen LogP contribution in [0.5, 0.6) is 0 Å². The highest BCUT2D eigenvalue weighted by atomic mass is 16.2. The average Bonchev–Trinajstić information content (AvgIpc) is 2.85. The van der Waals surface area contributed by atoms with E-state index in [0.29, 0.717) is 5.56 Å². The first-order chi connectivity index (χ1) is 15.7. The van der Waals surface area contributed by atoms with Gasteiger partial charge in [0.05, 0.1) is 12.2 Å². The highest BCUT2D eigenvalue weighted by Gasteiger charge is 2.29. The zero-order valence-corrected chi connectivity index (χ0v) is 18.4. The van der Waals surface area contributed by atoms with Crippen LogP contribution in [0.3, 0.4) is 0 Å². The van der Waals surface area contributed by atoms with E-state index in [4.69, 9.17) is 9.97 Å². The fourth-order valence-corrected chi connectivity index (χ4v) is 4.75.